The van der Waals surface area contributed by atoms with Gasteiger partial charge in [-0.2, -0.15) is 5.10 Å². The molecular formula is C17H20ClN3O2. The zero-order valence-electron chi connectivity index (χ0n) is 12.8. The quantitative estimate of drug-likeness (QED) is 0.804. The number of aliphatic hydroxyl groups is 1. The van der Waals surface area contributed by atoms with Crippen LogP contribution in [-0.4, -0.2) is 33.9 Å². The normalized spacial score (nSPS) is 21.1. The third-order valence-corrected chi connectivity index (χ3v) is 4.54. The molecule has 1 saturated carbocycles. The maximum absolute atomic E-state index is 12.4. The average molecular weight is 334 g/mol. The molecule has 0 saturated heterocycles. The maximum Gasteiger partial charge on any atom is 0.255 e. The number of halogens is 1. The minimum absolute atomic E-state index is 0.159. The van der Waals surface area contributed by atoms with Crippen molar-refractivity contribution in [3.8, 4) is 11.3 Å². The Bertz CT molecular complexity index is 686. The number of nitrogens with one attached hydrogen (secondary N) is 2. The van der Waals surface area contributed by atoms with Crippen molar-refractivity contribution in [1.82, 2.24) is 15.5 Å². The van der Waals surface area contributed by atoms with E-state index in [-0.39, 0.29) is 12.0 Å². The molecule has 0 bridgehead atoms. The van der Waals surface area contributed by atoms with Gasteiger partial charge in [-0.25, -0.2) is 0 Å². The summed E-state index contributed by atoms with van der Waals surface area (Å²) < 4.78 is 0. The zero-order valence-corrected chi connectivity index (χ0v) is 13.5. The summed E-state index contributed by atoms with van der Waals surface area (Å²) in [6, 6.07) is 7.30. The van der Waals surface area contributed by atoms with Crippen molar-refractivity contribution in [2.24, 2.45) is 5.92 Å². The highest BCUT2D eigenvalue weighted by atomic mass is 35.5. The van der Waals surface area contributed by atoms with E-state index in [9.17, 15) is 9.90 Å². The lowest BCUT2D eigenvalue weighted by atomic mass is 9.87. The first kappa shape index (κ1) is 16.0. The number of amides is 1. The molecule has 3 rings (SSSR count). The van der Waals surface area contributed by atoms with E-state index >= 15 is 0 Å². The first-order valence-electron chi connectivity index (χ1n) is 7.89. The van der Waals surface area contributed by atoms with Gasteiger partial charge in [0.1, 0.15) is 0 Å². The molecule has 1 fully saturated rings. The maximum atomic E-state index is 12.4. The van der Waals surface area contributed by atoms with Gasteiger partial charge in [0.15, 0.2) is 0 Å². The van der Waals surface area contributed by atoms with Gasteiger partial charge in [-0.05, 0) is 37.3 Å². The second-order valence-electron chi connectivity index (χ2n) is 6.07. The first-order chi connectivity index (χ1) is 11.1. The molecule has 1 heterocycles. The molecule has 0 radical (unpaired) electrons. The van der Waals surface area contributed by atoms with Gasteiger partial charge in [-0.1, -0.05) is 30.2 Å². The summed E-state index contributed by atoms with van der Waals surface area (Å²) in [6.45, 7) is 0.579. The van der Waals surface area contributed by atoms with Crippen LogP contribution in [0.3, 0.4) is 0 Å². The third-order valence-electron chi connectivity index (χ3n) is 4.30. The summed E-state index contributed by atoms with van der Waals surface area (Å²) in [5.41, 5.74) is 1.99. The molecule has 1 aliphatic carbocycles. The molecule has 3 N–H and O–H groups in total. The van der Waals surface area contributed by atoms with Crippen LogP contribution in [-0.2, 0) is 0 Å². The summed E-state index contributed by atoms with van der Waals surface area (Å²) in [5, 5.41) is 20.1. The van der Waals surface area contributed by atoms with Gasteiger partial charge < -0.3 is 10.4 Å². The summed E-state index contributed by atoms with van der Waals surface area (Å²) in [4.78, 5) is 12.4. The highest BCUT2D eigenvalue weighted by Crippen LogP contribution is 2.25. The molecule has 1 aromatic heterocycles. The van der Waals surface area contributed by atoms with Crippen LogP contribution in [0.5, 0.6) is 0 Å². The summed E-state index contributed by atoms with van der Waals surface area (Å²) in [7, 11) is 0. The fourth-order valence-electron chi connectivity index (χ4n) is 3.10. The Kier molecular flexibility index (Phi) is 4.98. The second kappa shape index (κ2) is 7.15. The zero-order chi connectivity index (χ0) is 16.2. The number of hydrogen-bond acceptors (Lipinski definition) is 3. The van der Waals surface area contributed by atoms with Crippen LogP contribution in [0.2, 0.25) is 5.02 Å². The van der Waals surface area contributed by atoms with Crippen molar-refractivity contribution in [3.05, 3.63) is 41.0 Å². The smallest absolute Gasteiger partial charge is 0.255 e. The van der Waals surface area contributed by atoms with Crippen LogP contribution in [0.1, 0.15) is 36.0 Å². The molecule has 0 unspecified atom stereocenters. The van der Waals surface area contributed by atoms with Crippen LogP contribution in [0.4, 0.5) is 0 Å². The van der Waals surface area contributed by atoms with Gasteiger partial charge in [-0.15, -0.1) is 0 Å². The van der Waals surface area contributed by atoms with Crippen molar-refractivity contribution in [1.29, 1.82) is 0 Å². The Morgan fingerprint density at radius 1 is 1.43 bits per heavy atom. The molecule has 6 heteroatoms. The van der Waals surface area contributed by atoms with Crippen LogP contribution in [0, 0.1) is 5.92 Å². The van der Waals surface area contributed by atoms with E-state index in [1.165, 1.54) is 6.20 Å². The lowest BCUT2D eigenvalue weighted by molar-refractivity contribution is 0.0874. The van der Waals surface area contributed by atoms with E-state index in [2.05, 4.69) is 15.5 Å². The topological polar surface area (TPSA) is 78.0 Å². The minimum Gasteiger partial charge on any atom is -0.393 e. The Morgan fingerprint density at radius 3 is 3.09 bits per heavy atom. The highest BCUT2D eigenvalue weighted by molar-refractivity contribution is 6.30. The Morgan fingerprint density at radius 2 is 2.30 bits per heavy atom. The van der Waals surface area contributed by atoms with E-state index in [0.29, 0.717) is 28.7 Å². The van der Waals surface area contributed by atoms with Crippen LogP contribution in [0.25, 0.3) is 11.3 Å². The number of aliphatic hydroxyl groups excluding tert-OH is 1. The third kappa shape index (κ3) is 3.92. The van der Waals surface area contributed by atoms with Gasteiger partial charge in [0.05, 0.1) is 23.6 Å². The number of rotatable bonds is 4. The van der Waals surface area contributed by atoms with Crippen molar-refractivity contribution in [2.75, 3.05) is 6.54 Å². The van der Waals surface area contributed by atoms with Gasteiger partial charge in [0.25, 0.3) is 5.91 Å². The Labute approximate surface area is 140 Å². The van der Waals surface area contributed by atoms with Crippen LogP contribution < -0.4 is 5.32 Å². The summed E-state index contributed by atoms with van der Waals surface area (Å²) >= 11 is 6.01. The standard InChI is InChI=1S/C17H20ClN3O2/c18-13-5-2-4-12(8-13)16-15(10-20-21-16)17(23)19-9-11-3-1-6-14(22)7-11/h2,4-5,8,10-11,14,22H,1,3,6-7,9H2,(H,19,23)(H,20,21)/t11-,14+/m1/s1. The average Bonchev–Trinajstić information content (AvgIpc) is 3.02. The number of aromatic amines is 1. The number of carbonyl (C=O) groups excluding carboxylic acids is 1. The summed E-state index contributed by atoms with van der Waals surface area (Å²) in [5.74, 6) is 0.179. The Hall–Kier alpha value is -1.85. The lowest BCUT2D eigenvalue weighted by Gasteiger charge is -2.25. The highest BCUT2D eigenvalue weighted by Gasteiger charge is 2.22. The minimum atomic E-state index is -0.235. The molecule has 0 aliphatic heterocycles. The number of nitrogens with zero attached hydrogens (tertiary/aromatic N) is 1. The monoisotopic (exact) mass is 333 g/mol. The molecular weight excluding hydrogens is 314 g/mol. The molecule has 1 aliphatic rings. The lowest BCUT2D eigenvalue weighted by Crippen LogP contribution is -2.33. The van der Waals surface area contributed by atoms with Gasteiger partial charge in [-0.3, -0.25) is 9.89 Å². The molecule has 5 nitrogen and oxygen atoms in total. The second-order valence-corrected chi connectivity index (χ2v) is 6.50. The number of aromatic nitrogens is 2. The van der Waals surface area contributed by atoms with Crippen LogP contribution >= 0.6 is 11.6 Å². The number of H-pyrrole nitrogens is 1. The van der Waals surface area contributed by atoms with Gasteiger partial charge in [0, 0.05) is 17.1 Å². The first-order valence-corrected chi connectivity index (χ1v) is 8.27. The van der Waals surface area contributed by atoms with Crippen molar-refractivity contribution in [3.63, 3.8) is 0 Å². The molecule has 122 valence electrons. The van der Waals surface area contributed by atoms with Gasteiger partial charge in [0.2, 0.25) is 0 Å². The van der Waals surface area contributed by atoms with E-state index in [4.69, 9.17) is 11.6 Å². The largest absolute Gasteiger partial charge is 0.393 e. The van der Waals surface area contributed by atoms with Crippen molar-refractivity contribution >= 4 is 17.5 Å². The number of benzene rings is 1. The van der Waals surface area contributed by atoms with Gasteiger partial charge >= 0.3 is 0 Å². The Balaban J connectivity index is 1.68. The van der Waals surface area contributed by atoms with E-state index in [0.717, 1.165) is 31.2 Å². The molecule has 2 atom stereocenters. The van der Waals surface area contributed by atoms with E-state index in [1.807, 2.05) is 12.1 Å². The predicted octanol–water partition coefficient (Wildman–Crippen LogP) is 3.01. The number of carbonyl (C=O) groups is 1. The summed E-state index contributed by atoms with van der Waals surface area (Å²) in [6.07, 6.45) is 4.98. The number of hydrogen-bond donors (Lipinski definition) is 3. The SMILES string of the molecule is O=C(NC[C@@H]1CCC[C@H](O)C1)c1cn[nH]c1-c1cccc(Cl)c1. The van der Waals surface area contributed by atoms with E-state index < -0.39 is 0 Å². The predicted molar refractivity (Wildman–Crippen MR) is 89.3 cm³/mol. The molecule has 1 aromatic carbocycles. The fourth-order valence-corrected chi connectivity index (χ4v) is 3.29. The van der Waals surface area contributed by atoms with Crippen molar-refractivity contribution in [2.45, 2.75) is 31.8 Å². The van der Waals surface area contributed by atoms with E-state index in [1.54, 1.807) is 12.1 Å². The fraction of sp³-hybridized carbons (Fsp3) is 0.412. The molecule has 23 heavy (non-hydrogen) atoms. The molecule has 0 spiro atoms. The van der Waals surface area contributed by atoms with Crippen molar-refractivity contribution < 1.29 is 9.90 Å². The molecule has 2 aromatic rings. The van der Waals surface area contributed by atoms with Crippen LogP contribution in [0.15, 0.2) is 30.5 Å². The molecule has 1 amide bonds.